The predicted molar refractivity (Wildman–Crippen MR) is 89.2 cm³/mol. The van der Waals surface area contributed by atoms with Crippen molar-refractivity contribution in [2.45, 2.75) is 6.54 Å². The third kappa shape index (κ3) is 2.88. The van der Waals surface area contributed by atoms with E-state index < -0.39 is 0 Å². The largest absolute Gasteiger partial charge is 0.496 e. The summed E-state index contributed by atoms with van der Waals surface area (Å²) in [4.78, 5) is 16.5. The lowest BCUT2D eigenvalue weighted by molar-refractivity contribution is 0.0947. The number of amides is 1. The molecule has 0 aliphatic heterocycles. The Hall–Kier alpha value is -3.09. The number of nitrogens with one attached hydrogen (secondary N) is 1. The molecule has 0 atom stereocenters. The van der Waals surface area contributed by atoms with Crippen LogP contribution < -0.4 is 14.8 Å². The van der Waals surface area contributed by atoms with Crippen molar-refractivity contribution in [1.82, 2.24) is 20.1 Å². The van der Waals surface area contributed by atoms with E-state index in [9.17, 15) is 4.79 Å². The van der Waals surface area contributed by atoms with E-state index >= 15 is 0 Å². The standard InChI is InChI=1S/C17H18N4O3/c1-21-14-6-4-5-11(12(14)10-20-21)8-19-17(22)13-9-18-16(24-3)7-15(13)23-2/h4-7,9-10H,8H2,1-3H3,(H,19,22). The van der Waals surface area contributed by atoms with Crippen LogP contribution in [0.5, 0.6) is 11.6 Å². The molecule has 7 nitrogen and oxygen atoms in total. The van der Waals surface area contributed by atoms with E-state index in [1.54, 1.807) is 16.9 Å². The van der Waals surface area contributed by atoms with Crippen molar-refractivity contribution in [2.24, 2.45) is 7.05 Å². The molecule has 0 saturated carbocycles. The van der Waals surface area contributed by atoms with E-state index in [2.05, 4.69) is 15.4 Å². The van der Waals surface area contributed by atoms with Crippen LogP contribution in [0.25, 0.3) is 10.9 Å². The molecule has 1 amide bonds. The number of aromatic nitrogens is 3. The molecule has 0 saturated heterocycles. The van der Waals surface area contributed by atoms with Gasteiger partial charge in [0.2, 0.25) is 5.88 Å². The summed E-state index contributed by atoms with van der Waals surface area (Å²) in [6, 6.07) is 7.48. The number of carbonyl (C=O) groups excluding carboxylic acids is 1. The summed E-state index contributed by atoms with van der Waals surface area (Å²) in [5.74, 6) is 0.547. The van der Waals surface area contributed by atoms with Gasteiger partial charge < -0.3 is 14.8 Å². The van der Waals surface area contributed by atoms with Gasteiger partial charge in [0.1, 0.15) is 5.75 Å². The van der Waals surface area contributed by atoms with Gasteiger partial charge in [-0.1, -0.05) is 12.1 Å². The van der Waals surface area contributed by atoms with Crippen molar-refractivity contribution in [1.29, 1.82) is 0 Å². The Bertz CT molecular complexity index is 889. The maximum atomic E-state index is 12.4. The van der Waals surface area contributed by atoms with Crippen LogP contribution in [0, 0.1) is 0 Å². The van der Waals surface area contributed by atoms with Crippen LogP contribution in [0.1, 0.15) is 15.9 Å². The van der Waals surface area contributed by atoms with Gasteiger partial charge in [0.05, 0.1) is 31.5 Å². The number of hydrogen-bond acceptors (Lipinski definition) is 5. The molecule has 1 N–H and O–H groups in total. The predicted octanol–water partition coefficient (Wildman–Crippen LogP) is 1.92. The Balaban J connectivity index is 1.80. The van der Waals surface area contributed by atoms with E-state index in [0.29, 0.717) is 23.7 Å². The minimum absolute atomic E-state index is 0.261. The summed E-state index contributed by atoms with van der Waals surface area (Å²) in [6.45, 7) is 0.386. The Labute approximate surface area is 139 Å². The quantitative estimate of drug-likeness (QED) is 0.775. The van der Waals surface area contributed by atoms with Gasteiger partial charge in [-0.3, -0.25) is 9.48 Å². The topological polar surface area (TPSA) is 78.3 Å². The van der Waals surface area contributed by atoms with Gasteiger partial charge in [0.25, 0.3) is 5.91 Å². The number of hydrogen-bond donors (Lipinski definition) is 1. The highest BCUT2D eigenvalue weighted by Crippen LogP contribution is 2.22. The normalized spacial score (nSPS) is 10.6. The molecule has 2 aromatic heterocycles. The lowest BCUT2D eigenvalue weighted by Gasteiger charge is -2.10. The van der Waals surface area contributed by atoms with E-state index in [4.69, 9.17) is 9.47 Å². The van der Waals surface area contributed by atoms with Crippen molar-refractivity contribution >= 4 is 16.8 Å². The number of benzene rings is 1. The van der Waals surface area contributed by atoms with Crippen LogP contribution in [0.4, 0.5) is 0 Å². The number of nitrogens with zero attached hydrogens (tertiary/aromatic N) is 3. The number of carbonyl (C=O) groups is 1. The van der Waals surface area contributed by atoms with Crippen LogP contribution in [-0.2, 0) is 13.6 Å². The third-order valence-electron chi connectivity index (χ3n) is 3.84. The zero-order chi connectivity index (χ0) is 17.1. The fourth-order valence-corrected chi connectivity index (χ4v) is 2.53. The van der Waals surface area contributed by atoms with E-state index in [0.717, 1.165) is 16.5 Å². The van der Waals surface area contributed by atoms with Crippen LogP contribution in [0.15, 0.2) is 36.7 Å². The van der Waals surface area contributed by atoms with Gasteiger partial charge in [-0.15, -0.1) is 0 Å². The number of pyridine rings is 1. The van der Waals surface area contributed by atoms with Gasteiger partial charge in [-0.05, 0) is 11.6 Å². The first-order valence-electron chi connectivity index (χ1n) is 7.40. The fourth-order valence-electron chi connectivity index (χ4n) is 2.53. The molecule has 2 heterocycles. The number of methoxy groups -OCH3 is 2. The smallest absolute Gasteiger partial charge is 0.256 e. The van der Waals surface area contributed by atoms with Crippen molar-refractivity contribution in [3.8, 4) is 11.6 Å². The molecule has 3 rings (SSSR count). The molecular formula is C17H18N4O3. The molecule has 0 aliphatic carbocycles. The number of rotatable bonds is 5. The van der Waals surface area contributed by atoms with Crippen molar-refractivity contribution in [2.75, 3.05) is 14.2 Å². The van der Waals surface area contributed by atoms with Gasteiger partial charge in [-0.25, -0.2) is 4.98 Å². The first-order chi connectivity index (χ1) is 11.6. The SMILES string of the molecule is COc1cc(OC)c(C(=O)NCc2cccc3c2cnn3C)cn1. The Morgan fingerprint density at radius 3 is 2.83 bits per heavy atom. The summed E-state index contributed by atoms with van der Waals surface area (Å²) < 4.78 is 12.1. The highest BCUT2D eigenvalue weighted by molar-refractivity contribution is 5.97. The Morgan fingerprint density at radius 2 is 2.08 bits per heavy atom. The zero-order valence-electron chi connectivity index (χ0n) is 13.7. The highest BCUT2D eigenvalue weighted by atomic mass is 16.5. The maximum absolute atomic E-state index is 12.4. The van der Waals surface area contributed by atoms with E-state index in [1.165, 1.54) is 20.4 Å². The van der Waals surface area contributed by atoms with Crippen molar-refractivity contribution in [3.05, 3.63) is 47.8 Å². The number of fused-ring (bicyclic) bond motifs is 1. The van der Waals surface area contributed by atoms with Crippen molar-refractivity contribution in [3.63, 3.8) is 0 Å². The molecule has 0 bridgehead atoms. The first-order valence-corrected chi connectivity index (χ1v) is 7.40. The van der Waals surface area contributed by atoms with Crippen LogP contribution in [0.2, 0.25) is 0 Å². The molecule has 1 aromatic carbocycles. The lowest BCUT2D eigenvalue weighted by Crippen LogP contribution is -2.23. The molecule has 0 unspecified atom stereocenters. The summed E-state index contributed by atoms with van der Waals surface area (Å²) in [7, 11) is 4.90. The molecule has 0 radical (unpaired) electrons. The zero-order valence-corrected chi connectivity index (χ0v) is 13.7. The molecule has 24 heavy (non-hydrogen) atoms. The first kappa shape index (κ1) is 15.8. The Morgan fingerprint density at radius 1 is 1.25 bits per heavy atom. The molecule has 124 valence electrons. The summed E-state index contributed by atoms with van der Waals surface area (Å²) >= 11 is 0. The summed E-state index contributed by atoms with van der Waals surface area (Å²) in [5.41, 5.74) is 2.37. The highest BCUT2D eigenvalue weighted by Gasteiger charge is 2.15. The molecule has 3 aromatic rings. The minimum atomic E-state index is -0.261. The van der Waals surface area contributed by atoms with Crippen LogP contribution in [-0.4, -0.2) is 34.9 Å². The van der Waals surface area contributed by atoms with Crippen LogP contribution >= 0.6 is 0 Å². The second-order valence-electron chi connectivity index (χ2n) is 5.23. The maximum Gasteiger partial charge on any atom is 0.256 e. The average Bonchev–Trinajstić information content (AvgIpc) is 3.00. The molecular weight excluding hydrogens is 308 g/mol. The summed E-state index contributed by atoms with van der Waals surface area (Å²) in [5, 5.41) is 8.15. The molecule has 0 spiro atoms. The van der Waals surface area contributed by atoms with Gasteiger partial charge in [0, 0.05) is 31.2 Å². The monoisotopic (exact) mass is 326 g/mol. The number of aryl methyl sites for hydroxylation is 1. The van der Waals surface area contributed by atoms with Gasteiger partial charge >= 0.3 is 0 Å². The second kappa shape index (κ2) is 6.57. The van der Waals surface area contributed by atoms with Crippen LogP contribution in [0.3, 0.4) is 0 Å². The van der Waals surface area contributed by atoms with Crippen molar-refractivity contribution < 1.29 is 14.3 Å². The van der Waals surface area contributed by atoms with E-state index in [1.807, 2.05) is 25.2 Å². The Kier molecular flexibility index (Phi) is 4.33. The third-order valence-corrected chi connectivity index (χ3v) is 3.84. The summed E-state index contributed by atoms with van der Waals surface area (Å²) in [6.07, 6.45) is 3.24. The van der Waals surface area contributed by atoms with Gasteiger partial charge in [0.15, 0.2) is 0 Å². The van der Waals surface area contributed by atoms with E-state index in [-0.39, 0.29) is 5.91 Å². The fraction of sp³-hybridized carbons (Fsp3) is 0.235. The average molecular weight is 326 g/mol. The lowest BCUT2D eigenvalue weighted by atomic mass is 10.1. The number of ether oxygens (including phenoxy) is 2. The molecule has 7 heteroatoms. The van der Waals surface area contributed by atoms with Gasteiger partial charge in [-0.2, -0.15) is 5.10 Å². The minimum Gasteiger partial charge on any atom is -0.496 e. The molecule has 0 aliphatic rings. The molecule has 0 fully saturated rings. The second-order valence-corrected chi connectivity index (χ2v) is 5.23.